The Morgan fingerprint density at radius 3 is 2.87 bits per heavy atom. The molecule has 6 heteroatoms. The molecule has 0 N–H and O–H groups in total. The number of para-hydroxylation sites is 2. The lowest BCUT2D eigenvalue weighted by Gasteiger charge is -2.36. The molecular weight excluding hydrogens is 414 g/mol. The molecule has 2 aromatic heterocycles. The molecule has 0 spiro atoms. The number of ether oxygens (including phenoxy) is 1. The molecule has 6 rings (SSSR count). The molecule has 2 atom stereocenters. The van der Waals surface area contributed by atoms with Crippen LogP contribution < -0.4 is 4.74 Å². The van der Waals surface area contributed by atoms with Crippen molar-refractivity contribution in [1.29, 1.82) is 0 Å². The molecule has 4 heterocycles. The quantitative estimate of drug-likeness (QED) is 0.372. The maximum atomic E-state index is 6.48. The fourth-order valence-electron chi connectivity index (χ4n) is 4.74. The molecule has 2 aliphatic rings. The van der Waals surface area contributed by atoms with E-state index in [9.17, 15) is 0 Å². The Hall–Kier alpha value is -2.50. The van der Waals surface area contributed by atoms with Crippen LogP contribution in [0.25, 0.3) is 16.6 Å². The first-order valence-corrected chi connectivity index (χ1v) is 11.5. The number of benzene rings is 2. The molecule has 0 amide bonds. The van der Waals surface area contributed by atoms with Crippen molar-refractivity contribution < 1.29 is 4.74 Å². The maximum absolute atomic E-state index is 6.48. The number of fused-ring (bicyclic) bond motifs is 6. The van der Waals surface area contributed by atoms with Gasteiger partial charge < -0.3 is 4.74 Å². The van der Waals surface area contributed by atoms with E-state index in [1.54, 1.807) is 0 Å². The van der Waals surface area contributed by atoms with E-state index < -0.39 is 0 Å². The fourth-order valence-corrected chi connectivity index (χ4v) is 6.13. The van der Waals surface area contributed by atoms with Crippen molar-refractivity contribution >= 4 is 34.3 Å². The molecule has 0 saturated heterocycles. The van der Waals surface area contributed by atoms with Crippen LogP contribution in [0.2, 0.25) is 5.02 Å². The maximum Gasteiger partial charge on any atom is 0.220 e. The van der Waals surface area contributed by atoms with E-state index in [4.69, 9.17) is 26.4 Å². The van der Waals surface area contributed by atoms with Crippen molar-refractivity contribution in [2.45, 2.75) is 24.8 Å². The van der Waals surface area contributed by atoms with Crippen LogP contribution in [0.4, 0.5) is 0 Å². The summed E-state index contributed by atoms with van der Waals surface area (Å²) in [6, 6.07) is 16.5. The molecule has 0 aliphatic carbocycles. The average molecular weight is 434 g/mol. The number of hydrogen-bond acceptors (Lipinski definition) is 4. The van der Waals surface area contributed by atoms with Crippen LogP contribution in [0.5, 0.6) is 5.88 Å². The van der Waals surface area contributed by atoms with E-state index in [-0.39, 0.29) is 5.92 Å². The lowest BCUT2D eigenvalue weighted by atomic mass is 9.80. The molecule has 2 aliphatic heterocycles. The number of hydrogen-bond donors (Lipinski definition) is 0. The fraction of sp³-hybridized carbons (Fsp3) is 0.250. The van der Waals surface area contributed by atoms with Crippen LogP contribution in [0, 0.1) is 19.8 Å². The normalized spacial score (nSPS) is 19.7. The minimum Gasteiger partial charge on any atom is -0.477 e. The first-order valence-electron chi connectivity index (χ1n) is 10.1. The summed E-state index contributed by atoms with van der Waals surface area (Å²) in [5.74, 6) is 2.45. The summed E-state index contributed by atoms with van der Waals surface area (Å²) in [6.07, 6.45) is 0. The zero-order valence-corrected chi connectivity index (χ0v) is 18.3. The van der Waals surface area contributed by atoms with Crippen LogP contribution in [0.1, 0.15) is 28.3 Å². The van der Waals surface area contributed by atoms with E-state index in [0.29, 0.717) is 17.5 Å². The highest BCUT2D eigenvalue weighted by Crippen LogP contribution is 2.51. The molecule has 0 bridgehead atoms. The third-order valence-electron chi connectivity index (χ3n) is 6.17. The summed E-state index contributed by atoms with van der Waals surface area (Å²) < 4.78 is 8.15. The highest BCUT2D eigenvalue weighted by molar-refractivity contribution is 7.99. The largest absolute Gasteiger partial charge is 0.477 e. The number of nitrogens with zero attached hydrogens (tertiary/aromatic N) is 3. The second-order valence-corrected chi connectivity index (χ2v) is 9.47. The molecule has 2 unspecified atom stereocenters. The second-order valence-electron chi connectivity index (χ2n) is 8.06. The van der Waals surface area contributed by atoms with Gasteiger partial charge in [-0.3, -0.25) is 0 Å². The van der Waals surface area contributed by atoms with Gasteiger partial charge >= 0.3 is 0 Å². The number of aromatic nitrogens is 3. The zero-order valence-electron chi connectivity index (χ0n) is 16.7. The van der Waals surface area contributed by atoms with Crippen molar-refractivity contribution in [3.63, 3.8) is 0 Å². The lowest BCUT2D eigenvalue weighted by Crippen LogP contribution is -2.32. The van der Waals surface area contributed by atoms with Gasteiger partial charge in [-0.2, -0.15) is 9.78 Å². The van der Waals surface area contributed by atoms with Crippen molar-refractivity contribution in [1.82, 2.24) is 14.8 Å². The van der Waals surface area contributed by atoms with Gasteiger partial charge in [-0.1, -0.05) is 41.9 Å². The number of pyridine rings is 1. The van der Waals surface area contributed by atoms with Gasteiger partial charge in [0.15, 0.2) is 0 Å². The Balaban J connectivity index is 1.57. The summed E-state index contributed by atoms with van der Waals surface area (Å²) in [7, 11) is 0. The van der Waals surface area contributed by atoms with E-state index in [1.165, 1.54) is 22.1 Å². The Bertz CT molecular complexity index is 1320. The SMILES string of the molecule is Cc1nn(-c2ccccc2Cl)c2c1C1c3cc4cccc(C)c4nc3SCC1CO2. The molecule has 0 saturated carbocycles. The smallest absolute Gasteiger partial charge is 0.220 e. The van der Waals surface area contributed by atoms with Crippen molar-refractivity contribution in [2.75, 3.05) is 12.4 Å². The summed E-state index contributed by atoms with van der Waals surface area (Å²) in [6.45, 7) is 4.87. The topological polar surface area (TPSA) is 39.9 Å². The van der Waals surface area contributed by atoms with E-state index in [2.05, 4.69) is 38.1 Å². The standard InChI is InChI=1S/C24H20ClN3OS/c1-13-6-5-7-15-10-17-21-16(12-30-23(17)26-22(13)15)11-29-24-20(21)14(2)27-28(24)19-9-4-3-8-18(19)25/h3-10,16,21H,11-12H2,1-2H3. The number of halogens is 1. The Kier molecular flexibility index (Phi) is 4.12. The molecular formula is C24H20ClN3OS. The number of aryl methyl sites for hydroxylation is 2. The summed E-state index contributed by atoms with van der Waals surface area (Å²) in [4.78, 5) is 5.06. The van der Waals surface area contributed by atoms with Gasteiger partial charge in [0.25, 0.3) is 0 Å². The van der Waals surface area contributed by atoms with Gasteiger partial charge in [0.2, 0.25) is 5.88 Å². The summed E-state index contributed by atoms with van der Waals surface area (Å²) >= 11 is 8.32. The Morgan fingerprint density at radius 2 is 2.00 bits per heavy atom. The first-order chi connectivity index (χ1) is 14.6. The predicted molar refractivity (Wildman–Crippen MR) is 121 cm³/mol. The van der Waals surface area contributed by atoms with E-state index in [1.807, 2.05) is 40.7 Å². The molecule has 0 fully saturated rings. The van der Waals surface area contributed by atoms with Gasteiger partial charge in [-0.25, -0.2) is 4.98 Å². The van der Waals surface area contributed by atoms with Crippen LogP contribution in [0.15, 0.2) is 53.6 Å². The lowest BCUT2D eigenvalue weighted by molar-refractivity contribution is 0.205. The van der Waals surface area contributed by atoms with Crippen LogP contribution in [-0.2, 0) is 0 Å². The van der Waals surface area contributed by atoms with Crippen molar-refractivity contribution in [2.24, 2.45) is 5.92 Å². The first kappa shape index (κ1) is 18.3. The molecule has 4 aromatic rings. The monoisotopic (exact) mass is 433 g/mol. The van der Waals surface area contributed by atoms with Gasteiger partial charge in [-0.05, 0) is 43.2 Å². The average Bonchev–Trinajstić information content (AvgIpc) is 3.09. The van der Waals surface area contributed by atoms with Gasteiger partial charge in [0, 0.05) is 28.5 Å². The Morgan fingerprint density at radius 1 is 1.13 bits per heavy atom. The summed E-state index contributed by atoms with van der Waals surface area (Å²) in [5, 5.41) is 7.84. The molecule has 150 valence electrons. The molecule has 0 radical (unpaired) electrons. The highest BCUT2D eigenvalue weighted by Gasteiger charge is 2.41. The van der Waals surface area contributed by atoms with E-state index in [0.717, 1.165) is 33.6 Å². The van der Waals surface area contributed by atoms with Crippen LogP contribution in [0.3, 0.4) is 0 Å². The van der Waals surface area contributed by atoms with Crippen LogP contribution >= 0.6 is 23.4 Å². The number of thioether (sulfide) groups is 1. The number of rotatable bonds is 1. The minimum atomic E-state index is 0.235. The molecule has 4 nitrogen and oxygen atoms in total. The zero-order chi connectivity index (χ0) is 20.4. The van der Waals surface area contributed by atoms with Crippen LogP contribution in [-0.4, -0.2) is 27.1 Å². The third kappa shape index (κ3) is 2.62. The third-order valence-corrected chi connectivity index (χ3v) is 7.68. The van der Waals surface area contributed by atoms with Gasteiger partial charge in [0.05, 0.1) is 28.5 Å². The second kappa shape index (κ2) is 6.76. The minimum absolute atomic E-state index is 0.235. The van der Waals surface area contributed by atoms with E-state index >= 15 is 0 Å². The van der Waals surface area contributed by atoms with Crippen molar-refractivity contribution in [3.8, 4) is 11.6 Å². The molecule has 2 aromatic carbocycles. The Labute approximate surface area is 184 Å². The van der Waals surface area contributed by atoms with Gasteiger partial charge in [0.1, 0.15) is 5.03 Å². The van der Waals surface area contributed by atoms with Crippen molar-refractivity contribution in [3.05, 3.63) is 75.9 Å². The highest BCUT2D eigenvalue weighted by atomic mass is 35.5. The predicted octanol–water partition coefficient (Wildman–Crippen LogP) is 5.94. The van der Waals surface area contributed by atoms with Gasteiger partial charge in [-0.15, -0.1) is 11.8 Å². The molecule has 30 heavy (non-hydrogen) atoms. The summed E-state index contributed by atoms with van der Waals surface area (Å²) in [5.41, 5.74) is 6.61.